The fourth-order valence-electron chi connectivity index (χ4n) is 5.86. The predicted octanol–water partition coefficient (Wildman–Crippen LogP) is 2.49. The molecular weight excluding hydrogens is 484 g/mol. The van der Waals surface area contributed by atoms with Crippen LogP contribution in [0.1, 0.15) is 64.2 Å². The monoisotopic (exact) mass is 518 g/mol. The highest BCUT2D eigenvalue weighted by Gasteiger charge is 2.50. The molecule has 0 radical (unpaired) electrons. The number of carboxylic acids is 1. The molecule has 0 aromatic rings. The lowest BCUT2D eigenvalue weighted by Gasteiger charge is -2.33. The van der Waals surface area contributed by atoms with Crippen molar-refractivity contribution in [1.29, 1.82) is 0 Å². The fraction of sp³-hybridized carbons (Fsp3) is 0.909. The third-order valence-electron chi connectivity index (χ3n) is 7.83. The second kappa shape index (κ2) is 13.2. The van der Waals surface area contributed by atoms with Crippen LogP contribution in [0.2, 0.25) is 0 Å². The van der Waals surface area contributed by atoms with Crippen LogP contribution in [-0.2, 0) is 29.0 Å². The number of nitro groups is 2. The summed E-state index contributed by atoms with van der Waals surface area (Å²) in [5, 5.41) is 41.1. The minimum Gasteiger partial charge on any atom is -0.481 e. The number of carbonyl (C=O) groups is 2. The number of aliphatic carboxylic acids is 1. The lowest BCUT2D eigenvalue weighted by atomic mass is 9.76. The van der Waals surface area contributed by atoms with E-state index in [-0.39, 0.29) is 43.0 Å². The van der Waals surface area contributed by atoms with Crippen molar-refractivity contribution in [2.75, 3.05) is 13.2 Å². The molecule has 0 aromatic carbocycles. The molecule has 3 aliphatic carbocycles. The van der Waals surface area contributed by atoms with Crippen LogP contribution in [-0.4, -0.2) is 69.7 Å². The highest BCUT2D eigenvalue weighted by Crippen LogP contribution is 2.35. The van der Waals surface area contributed by atoms with Crippen molar-refractivity contribution in [2.24, 2.45) is 23.7 Å². The SMILES string of the molecule is O=C(O)C1CCCC([N+](=O)[O-])C1C(=O)OC1CCC(OOCC2C(COO)CCCC2[N+](=O)[O-])CC1. The van der Waals surface area contributed by atoms with Gasteiger partial charge in [-0.2, -0.15) is 0 Å². The smallest absolute Gasteiger partial charge is 0.317 e. The van der Waals surface area contributed by atoms with E-state index >= 15 is 0 Å². The molecule has 0 heterocycles. The number of esters is 1. The van der Waals surface area contributed by atoms with E-state index in [4.69, 9.17) is 19.8 Å². The van der Waals surface area contributed by atoms with E-state index in [2.05, 4.69) is 4.89 Å². The van der Waals surface area contributed by atoms with E-state index in [1.165, 1.54) is 0 Å². The molecule has 14 heteroatoms. The van der Waals surface area contributed by atoms with Gasteiger partial charge in [-0.05, 0) is 57.3 Å². The van der Waals surface area contributed by atoms with Crippen molar-refractivity contribution in [3.8, 4) is 0 Å². The van der Waals surface area contributed by atoms with Gasteiger partial charge >= 0.3 is 11.9 Å². The van der Waals surface area contributed by atoms with Crippen molar-refractivity contribution < 1.29 is 49.2 Å². The third kappa shape index (κ3) is 7.08. The average Bonchev–Trinajstić information content (AvgIpc) is 2.85. The van der Waals surface area contributed by atoms with Gasteiger partial charge in [-0.3, -0.25) is 35.1 Å². The van der Waals surface area contributed by atoms with Gasteiger partial charge in [-0.15, -0.1) is 0 Å². The summed E-state index contributed by atoms with van der Waals surface area (Å²) >= 11 is 0. The molecule has 36 heavy (non-hydrogen) atoms. The van der Waals surface area contributed by atoms with Gasteiger partial charge in [0, 0.05) is 22.7 Å². The quantitative estimate of drug-likeness (QED) is 0.176. The number of hydrogen-bond donors (Lipinski definition) is 2. The molecule has 0 amide bonds. The first-order valence-corrected chi connectivity index (χ1v) is 12.5. The summed E-state index contributed by atoms with van der Waals surface area (Å²) in [6.45, 7) is -0.0367. The molecule has 204 valence electrons. The lowest BCUT2D eigenvalue weighted by Crippen LogP contribution is -2.47. The summed E-state index contributed by atoms with van der Waals surface area (Å²) < 4.78 is 5.51. The fourth-order valence-corrected chi connectivity index (χ4v) is 5.86. The van der Waals surface area contributed by atoms with Crippen LogP contribution in [0.15, 0.2) is 0 Å². The number of hydrogen-bond acceptors (Lipinski definition) is 11. The van der Waals surface area contributed by atoms with Crippen molar-refractivity contribution in [3.05, 3.63) is 20.2 Å². The zero-order chi connectivity index (χ0) is 26.2. The van der Waals surface area contributed by atoms with E-state index < -0.39 is 52.8 Å². The standard InChI is InChI=1S/C22H34N2O12/c25-21(26)16-4-2-6-19(24(30)31)20(16)22(27)35-14-7-9-15(10-8-14)36-34-12-17-13(11-33-32)3-1-5-18(17)23(28)29/h13-20,32H,1-12H2,(H,25,26). The molecule has 3 rings (SSSR count). The Bertz CT molecular complexity index is 763. The number of ether oxygens (including phenoxy) is 1. The van der Waals surface area contributed by atoms with Crippen LogP contribution in [0.3, 0.4) is 0 Å². The summed E-state index contributed by atoms with van der Waals surface area (Å²) in [7, 11) is 0. The second-order valence-electron chi connectivity index (χ2n) is 9.97. The Labute approximate surface area is 207 Å². The maximum absolute atomic E-state index is 12.8. The van der Waals surface area contributed by atoms with Gasteiger partial charge in [0.15, 0.2) is 0 Å². The molecular formula is C22H34N2O12. The molecule has 6 unspecified atom stereocenters. The number of nitrogens with zero attached hydrogens (tertiary/aromatic N) is 2. The normalized spacial score (nSPS) is 35.0. The first-order valence-electron chi connectivity index (χ1n) is 12.5. The lowest BCUT2D eigenvalue weighted by molar-refractivity contribution is -0.542. The maximum Gasteiger partial charge on any atom is 0.317 e. The van der Waals surface area contributed by atoms with Gasteiger partial charge < -0.3 is 9.84 Å². The minimum atomic E-state index is -1.32. The van der Waals surface area contributed by atoms with Gasteiger partial charge in [0.2, 0.25) is 12.1 Å². The van der Waals surface area contributed by atoms with E-state index in [1.807, 2.05) is 0 Å². The summed E-state index contributed by atoms with van der Waals surface area (Å²) in [6.07, 6.45) is 3.39. The number of carbonyl (C=O) groups excluding carboxylic acids is 1. The molecule has 0 aliphatic heterocycles. The Balaban J connectivity index is 1.46. The highest BCUT2D eigenvalue weighted by molar-refractivity contribution is 5.82. The van der Waals surface area contributed by atoms with Crippen molar-refractivity contribution in [2.45, 2.75) is 88.5 Å². The first kappa shape index (κ1) is 28.2. The molecule has 6 atom stereocenters. The Kier molecular flexibility index (Phi) is 10.3. The first-order chi connectivity index (χ1) is 17.2. The van der Waals surface area contributed by atoms with Gasteiger partial charge in [-0.25, -0.2) is 14.7 Å². The van der Waals surface area contributed by atoms with Gasteiger partial charge in [0.05, 0.1) is 31.2 Å². The zero-order valence-corrected chi connectivity index (χ0v) is 20.0. The molecule has 0 saturated heterocycles. The van der Waals surface area contributed by atoms with E-state index in [0.717, 1.165) is 0 Å². The van der Waals surface area contributed by atoms with E-state index in [9.17, 15) is 34.9 Å². The van der Waals surface area contributed by atoms with Crippen LogP contribution in [0.4, 0.5) is 0 Å². The topological polar surface area (TPSA) is 198 Å². The van der Waals surface area contributed by atoms with Crippen LogP contribution >= 0.6 is 0 Å². The average molecular weight is 519 g/mol. The Morgan fingerprint density at radius 3 is 2.06 bits per heavy atom. The molecule has 0 aromatic heterocycles. The van der Waals surface area contributed by atoms with Crippen LogP contribution in [0.5, 0.6) is 0 Å². The van der Waals surface area contributed by atoms with E-state index in [1.54, 1.807) is 0 Å². The van der Waals surface area contributed by atoms with Crippen LogP contribution in [0, 0.1) is 43.9 Å². The minimum absolute atomic E-state index is 0.0180. The molecule has 3 fully saturated rings. The van der Waals surface area contributed by atoms with E-state index in [0.29, 0.717) is 51.4 Å². The molecule has 0 bridgehead atoms. The van der Waals surface area contributed by atoms with Crippen molar-refractivity contribution in [1.82, 2.24) is 0 Å². The van der Waals surface area contributed by atoms with Crippen molar-refractivity contribution in [3.63, 3.8) is 0 Å². The molecule has 2 N–H and O–H groups in total. The van der Waals surface area contributed by atoms with Gasteiger partial charge in [-0.1, -0.05) is 0 Å². The molecule has 3 aliphatic rings. The largest absolute Gasteiger partial charge is 0.481 e. The Morgan fingerprint density at radius 1 is 0.833 bits per heavy atom. The Morgan fingerprint density at radius 2 is 1.44 bits per heavy atom. The molecule has 3 saturated carbocycles. The third-order valence-corrected chi connectivity index (χ3v) is 7.83. The van der Waals surface area contributed by atoms with Crippen LogP contribution < -0.4 is 0 Å². The number of rotatable bonds is 11. The number of carboxylic acid groups (broad SMARTS) is 1. The molecule has 14 nitrogen and oxygen atoms in total. The highest BCUT2D eigenvalue weighted by atomic mass is 17.2. The summed E-state index contributed by atoms with van der Waals surface area (Å²) in [5.74, 6) is -5.23. The second-order valence-corrected chi connectivity index (χ2v) is 9.97. The molecule has 0 spiro atoms. The summed E-state index contributed by atoms with van der Waals surface area (Å²) in [5.41, 5.74) is 0. The predicted molar refractivity (Wildman–Crippen MR) is 119 cm³/mol. The summed E-state index contributed by atoms with van der Waals surface area (Å²) in [6, 6.07) is -2.08. The summed E-state index contributed by atoms with van der Waals surface area (Å²) in [4.78, 5) is 61.4. The Hall–Kier alpha value is -2.42. The van der Waals surface area contributed by atoms with Gasteiger partial charge in [0.25, 0.3) is 0 Å². The van der Waals surface area contributed by atoms with Crippen LogP contribution in [0.25, 0.3) is 0 Å². The maximum atomic E-state index is 12.8. The van der Waals surface area contributed by atoms with Gasteiger partial charge in [0.1, 0.15) is 12.0 Å². The zero-order valence-electron chi connectivity index (χ0n) is 20.0. The van der Waals surface area contributed by atoms with Crippen molar-refractivity contribution >= 4 is 11.9 Å².